The van der Waals surface area contributed by atoms with E-state index in [-0.39, 0.29) is 11.7 Å². The molecule has 6 heteroatoms. The van der Waals surface area contributed by atoms with Crippen LogP contribution in [0.15, 0.2) is 30.5 Å². The van der Waals surface area contributed by atoms with Crippen molar-refractivity contribution in [3.05, 3.63) is 53.4 Å². The zero-order chi connectivity index (χ0) is 16.9. The average molecular weight is 330 g/mol. The number of aromatic amines is 1. The van der Waals surface area contributed by atoms with Gasteiger partial charge in [-0.3, -0.25) is 9.69 Å². The number of carbonyl (C=O) groups is 1. The Hall–Kier alpha value is -2.21. The van der Waals surface area contributed by atoms with E-state index in [9.17, 15) is 9.18 Å². The summed E-state index contributed by atoms with van der Waals surface area (Å²) in [4.78, 5) is 21.8. The minimum Gasteiger partial charge on any atom is -0.355 e. The molecule has 3 rings (SSSR count). The first kappa shape index (κ1) is 16.6. The van der Waals surface area contributed by atoms with Crippen molar-refractivity contribution in [2.75, 3.05) is 19.6 Å². The van der Waals surface area contributed by atoms with E-state index in [1.165, 1.54) is 12.1 Å². The van der Waals surface area contributed by atoms with Gasteiger partial charge in [-0.2, -0.15) is 0 Å². The van der Waals surface area contributed by atoms with Gasteiger partial charge in [0.25, 0.3) is 0 Å². The second-order valence-electron chi connectivity index (χ2n) is 6.49. The van der Waals surface area contributed by atoms with Crippen molar-refractivity contribution in [3.63, 3.8) is 0 Å². The lowest BCUT2D eigenvalue weighted by Crippen LogP contribution is -2.32. The number of hydrogen-bond donors (Lipinski definition) is 2. The number of aromatic nitrogens is 2. The number of amides is 1. The van der Waals surface area contributed by atoms with Crippen LogP contribution in [0, 0.1) is 18.7 Å². The molecule has 1 atom stereocenters. The highest BCUT2D eigenvalue weighted by Gasteiger charge is 2.23. The first-order valence-electron chi connectivity index (χ1n) is 8.32. The molecular formula is C18H23FN4O. The van der Waals surface area contributed by atoms with E-state index in [1.54, 1.807) is 12.1 Å². The van der Waals surface area contributed by atoms with Gasteiger partial charge in [0.2, 0.25) is 5.91 Å². The van der Waals surface area contributed by atoms with Gasteiger partial charge in [-0.25, -0.2) is 9.37 Å². The number of imidazole rings is 1. The van der Waals surface area contributed by atoms with Crippen molar-refractivity contribution in [1.82, 2.24) is 20.2 Å². The summed E-state index contributed by atoms with van der Waals surface area (Å²) < 4.78 is 12.9. The van der Waals surface area contributed by atoms with Gasteiger partial charge in [0, 0.05) is 31.5 Å². The highest BCUT2D eigenvalue weighted by molar-refractivity contribution is 5.78. The maximum absolute atomic E-state index is 12.9. The van der Waals surface area contributed by atoms with Crippen molar-refractivity contribution in [2.45, 2.75) is 26.3 Å². The van der Waals surface area contributed by atoms with E-state index in [0.717, 1.165) is 43.1 Å². The quantitative estimate of drug-likeness (QED) is 0.852. The van der Waals surface area contributed by atoms with Crippen LogP contribution in [-0.4, -0.2) is 40.4 Å². The van der Waals surface area contributed by atoms with Gasteiger partial charge < -0.3 is 10.3 Å². The fourth-order valence-electron chi connectivity index (χ4n) is 3.12. The van der Waals surface area contributed by atoms with Gasteiger partial charge in [0.1, 0.15) is 11.6 Å². The third kappa shape index (κ3) is 4.64. The second kappa shape index (κ2) is 7.57. The van der Waals surface area contributed by atoms with Crippen LogP contribution in [0.5, 0.6) is 0 Å². The van der Waals surface area contributed by atoms with Crippen LogP contribution in [0.3, 0.4) is 0 Å². The topological polar surface area (TPSA) is 61.0 Å². The lowest BCUT2D eigenvalue weighted by molar-refractivity contribution is -0.120. The summed E-state index contributed by atoms with van der Waals surface area (Å²) in [6.45, 7) is 5.54. The molecule has 1 amide bonds. The van der Waals surface area contributed by atoms with Crippen molar-refractivity contribution < 1.29 is 9.18 Å². The number of nitrogens with one attached hydrogen (secondary N) is 2. The predicted octanol–water partition coefficient (Wildman–Crippen LogP) is 2.04. The molecule has 1 aliphatic rings. The van der Waals surface area contributed by atoms with Gasteiger partial charge in [-0.05, 0) is 43.5 Å². The number of H-pyrrole nitrogens is 1. The number of carbonyl (C=O) groups excluding carboxylic acids is 1. The van der Waals surface area contributed by atoms with Crippen molar-refractivity contribution >= 4 is 5.91 Å². The summed E-state index contributed by atoms with van der Waals surface area (Å²) in [5.74, 6) is 1.13. The molecule has 24 heavy (non-hydrogen) atoms. The number of likely N-dealkylation sites (tertiary alicyclic amines) is 1. The summed E-state index contributed by atoms with van der Waals surface area (Å²) in [5.41, 5.74) is 1.96. The summed E-state index contributed by atoms with van der Waals surface area (Å²) >= 11 is 0. The van der Waals surface area contributed by atoms with E-state index in [4.69, 9.17) is 0 Å². The van der Waals surface area contributed by atoms with Gasteiger partial charge >= 0.3 is 0 Å². The normalized spacial score (nSPS) is 18.0. The smallest absolute Gasteiger partial charge is 0.224 e. The molecule has 2 heterocycles. The Morgan fingerprint density at radius 1 is 1.42 bits per heavy atom. The first-order valence-corrected chi connectivity index (χ1v) is 8.32. The molecule has 0 bridgehead atoms. The summed E-state index contributed by atoms with van der Waals surface area (Å²) in [7, 11) is 0. The Morgan fingerprint density at radius 3 is 2.92 bits per heavy atom. The monoisotopic (exact) mass is 330 g/mol. The van der Waals surface area contributed by atoms with E-state index >= 15 is 0 Å². The molecule has 5 nitrogen and oxygen atoms in total. The van der Waals surface area contributed by atoms with Gasteiger partial charge in [0.05, 0.1) is 6.42 Å². The van der Waals surface area contributed by atoms with Crippen LogP contribution in [0.2, 0.25) is 0 Å². The molecule has 0 saturated carbocycles. The molecule has 1 aromatic carbocycles. The highest BCUT2D eigenvalue weighted by Crippen LogP contribution is 2.17. The number of hydrogen-bond acceptors (Lipinski definition) is 3. The SMILES string of the molecule is Cc1ncc(CN2CC[C@H](CNC(=O)Cc3ccc(F)cc3)C2)[nH]1. The van der Waals surface area contributed by atoms with Crippen molar-refractivity contribution in [1.29, 1.82) is 0 Å². The van der Waals surface area contributed by atoms with E-state index in [0.29, 0.717) is 18.9 Å². The lowest BCUT2D eigenvalue weighted by Gasteiger charge is -2.15. The van der Waals surface area contributed by atoms with E-state index in [1.807, 2.05) is 13.1 Å². The molecule has 2 N–H and O–H groups in total. The van der Waals surface area contributed by atoms with Crippen LogP contribution in [0.4, 0.5) is 4.39 Å². The van der Waals surface area contributed by atoms with Crippen molar-refractivity contribution in [3.8, 4) is 0 Å². The Labute approximate surface area is 141 Å². The largest absolute Gasteiger partial charge is 0.355 e. The molecule has 0 spiro atoms. The number of benzene rings is 1. The van der Waals surface area contributed by atoms with Gasteiger partial charge in [0.15, 0.2) is 0 Å². The predicted molar refractivity (Wildman–Crippen MR) is 89.8 cm³/mol. The van der Waals surface area contributed by atoms with E-state index in [2.05, 4.69) is 20.2 Å². The number of halogens is 1. The number of aryl methyl sites for hydroxylation is 1. The van der Waals surface area contributed by atoms with E-state index < -0.39 is 0 Å². The third-order valence-electron chi connectivity index (χ3n) is 4.39. The molecular weight excluding hydrogens is 307 g/mol. The van der Waals surface area contributed by atoms with Crippen LogP contribution in [-0.2, 0) is 17.8 Å². The zero-order valence-corrected chi connectivity index (χ0v) is 13.9. The maximum Gasteiger partial charge on any atom is 0.224 e. The van der Waals surface area contributed by atoms with Gasteiger partial charge in [-0.15, -0.1) is 0 Å². The zero-order valence-electron chi connectivity index (χ0n) is 13.9. The molecule has 0 radical (unpaired) electrons. The fraction of sp³-hybridized carbons (Fsp3) is 0.444. The Kier molecular flexibility index (Phi) is 5.25. The average Bonchev–Trinajstić information content (AvgIpc) is 3.17. The number of rotatable bonds is 6. The Bertz CT molecular complexity index is 683. The lowest BCUT2D eigenvalue weighted by atomic mass is 10.1. The van der Waals surface area contributed by atoms with Crippen LogP contribution >= 0.6 is 0 Å². The van der Waals surface area contributed by atoms with Crippen molar-refractivity contribution in [2.24, 2.45) is 5.92 Å². The molecule has 128 valence electrons. The minimum atomic E-state index is -0.280. The highest BCUT2D eigenvalue weighted by atomic mass is 19.1. The molecule has 1 aromatic heterocycles. The van der Waals surface area contributed by atoms with Gasteiger partial charge in [-0.1, -0.05) is 12.1 Å². The van der Waals surface area contributed by atoms with Crippen LogP contribution in [0.25, 0.3) is 0 Å². The van der Waals surface area contributed by atoms with Crippen LogP contribution < -0.4 is 5.32 Å². The summed E-state index contributed by atoms with van der Waals surface area (Å²) in [5, 5.41) is 3.00. The Balaban J connectivity index is 1.39. The standard InChI is InChI=1S/C18H23FN4O/c1-13-20-10-17(22-13)12-23-7-6-15(11-23)9-21-18(24)8-14-2-4-16(19)5-3-14/h2-5,10,15H,6-9,11-12H2,1H3,(H,20,22)(H,21,24)/t15-/m1/s1. The summed E-state index contributed by atoms with van der Waals surface area (Å²) in [6.07, 6.45) is 3.27. The fourth-order valence-corrected chi connectivity index (χ4v) is 3.12. The van der Waals surface area contributed by atoms with Crippen LogP contribution in [0.1, 0.15) is 23.5 Å². The maximum atomic E-state index is 12.9. The molecule has 1 saturated heterocycles. The second-order valence-corrected chi connectivity index (χ2v) is 6.49. The molecule has 1 aliphatic heterocycles. The summed E-state index contributed by atoms with van der Waals surface area (Å²) in [6, 6.07) is 6.07. The first-order chi connectivity index (χ1) is 11.6. The molecule has 0 unspecified atom stereocenters. The number of nitrogens with zero attached hydrogens (tertiary/aromatic N) is 2. The molecule has 1 fully saturated rings. The molecule has 2 aromatic rings. The third-order valence-corrected chi connectivity index (χ3v) is 4.39. The Morgan fingerprint density at radius 2 is 2.21 bits per heavy atom. The minimum absolute atomic E-state index is 0.00995. The molecule has 0 aliphatic carbocycles.